The Morgan fingerprint density at radius 1 is 1.42 bits per heavy atom. The van der Waals surface area contributed by atoms with Crippen molar-refractivity contribution in [2.75, 3.05) is 13.6 Å². The molecule has 1 aliphatic carbocycles. The van der Waals surface area contributed by atoms with Gasteiger partial charge in [-0.1, -0.05) is 25.1 Å². The van der Waals surface area contributed by atoms with Crippen LogP contribution in [-0.4, -0.2) is 41.3 Å². The topological polar surface area (TPSA) is 75.4 Å². The molecule has 0 aromatic rings. The SMILES string of the molecule is CCN(C)C(=O)C(C)NC(=O)C1(C(N)=S)CCCC1. The molecule has 0 aromatic heterocycles. The Labute approximate surface area is 119 Å². The number of likely N-dealkylation sites (N-methyl/N-ethyl adjacent to an activating group) is 1. The molecule has 0 saturated heterocycles. The normalized spacial score (nSPS) is 18.7. The Kier molecular flexibility index (Phi) is 5.29. The van der Waals surface area contributed by atoms with Crippen LogP contribution in [0.3, 0.4) is 0 Å². The Morgan fingerprint density at radius 3 is 2.37 bits per heavy atom. The summed E-state index contributed by atoms with van der Waals surface area (Å²) in [5.74, 6) is -0.310. The zero-order chi connectivity index (χ0) is 14.6. The molecule has 3 N–H and O–H groups in total. The molecule has 1 atom stereocenters. The highest BCUT2D eigenvalue weighted by atomic mass is 32.1. The molecule has 0 aromatic carbocycles. The van der Waals surface area contributed by atoms with E-state index in [1.807, 2.05) is 6.92 Å². The minimum atomic E-state index is -0.755. The van der Waals surface area contributed by atoms with Crippen molar-refractivity contribution in [3.8, 4) is 0 Å². The molecule has 0 bridgehead atoms. The van der Waals surface area contributed by atoms with Crippen molar-refractivity contribution in [2.45, 2.75) is 45.6 Å². The number of carbonyl (C=O) groups is 2. The first-order valence-electron chi connectivity index (χ1n) is 6.71. The fourth-order valence-corrected chi connectivity index (χ4v) is 2.74. The monoisotopic (exact) mass is 285 g/mol. The van der Waals surface area contributed by atoms with Crippen LogP contribution in [-0.2, 0) is 9.59 Å². The van der Waals surface area contributed by atoms with E-state index < -0.39 is 11.5 Å². The zero-order valence-electron chi connectivity index (χ0n) is 11.9. The zero-order valence-corrected chi connectivity index (χ0v) is 12.7. The second-order valence-corrected chi connectivity index (χ2v) is 5.64. The molecule has 1 unspecified atom stereocenters. The molecule has 5 nitrogen and oxygen atoms in total. The smallest absolute Gasteiger partial charge is 0.244 e. The molecule has 1 aliphatic rings. The maximum Gasteiger partial charge on any atom is 0.244 e. The minimum absolute atomic E-state index is 0.105. The summed E-state index contributed by atoms with van der Waals surface area (Å²) in [6, 6.07) is -0.552. The van der Waals surface area contributed by atoms with Gasteiger partial charge < -0.3 is 16.0 Å². The standard InChI is InChI=1S/C13H23N3O2S/c1-4-16(3)10(17)9(2)15-12(18)13(11(14)19)7-5-6-8-13/h9H,4-8H2,1-3H3,(H2,14,19)(H,15,18). The van der Waals surface area contributed by atoms with Crippen LogP contribution in [0.25, 0.3) is 0 Å². The molecule has 0 radical (unpaired) electrons. The molecule has 6 heteroatoms. The summed E-state index contributed by atoms with van der Waals surface area (Å²) in [6.07, 6.45) is 3.25. The first-order valence-corrected chi connectivity index (χ1v) is 7.12. The lowest BCUT2D eigenvalue weighted by molar-refractivity contribution is -0.136. The highest BCUT2D eigenvalue weighted by Crippen LogP contribution is 2.38. The van der Waals surface area contributed by atoms with Gasteiger partial charge in [-0.15, -0.1) is 0 Å². The molecule has 0 aliphatic heterocycles. The van der Waals surface area contributed by atoms with Gasteiger partial charge in [0.15, 0.2) is 0 Å². The lowest BCUT2D eigenvalue weighted by Gasteiger charge is -2.29. The third-order valence-corrected chi connectivity index (χ3v) is 4.32. The maximum atomic E-state index is 12.4. The Morgan fingerprint density at radius 2 is 1.95 bits per heavy atom. The number of hydrogen-bond donors (Lipinski definition) is 2. The molecule has 19 heavy (non-hydrogen) atoms. The minimum Gasteiger partial charge on any atom is -0.392 e. The molecule has 0 heterocycles. The van der Waals surface area contributed by atoms with E-state index in [-0.39, 0.29) is 16.8 Å². The van der Waals surface area contributed by atoms with Crippen LogP contribution in [0, 0.1) is 5.41 Å². The van der Waals surface area contributed by atoms with Crippen molar-refractivity contribution < 1.29 is 9.59 Å². The van der Waals surface area contributed by atoms with Crippen molar-refractivity contribution in [3.05, 3.63) is 0 Å². The summed E-state index contributed by atoms with van der Waals surface area (Å²) in [5.41, 5.74) is 4.99. The van der Waals surface area contributed by atoms with Gasteiger partial charge in [-0.2, -0.15) is 0 Å². The van der Waals surface area contributed by atoms with Gasteiger partial charge >= 0.3 is 0 Å². The molecular weight excluding hydrogens is 262 g/mol. The first kappa shape index (κ1) is 15.9. The number of nitrogens with two attached hydrogens (primary N) is 1. The van der Waals surface area contributed by atoms with Gasteiger partial charge in [-0.3, -0.25) is 9.59 Å². The summed E-state index contributed by atoms with van der Waals surface area (Å²) in [6.45, 7) is 4.19. The molecular formula is C13H23N3O2S. The number of nitrogens with zero attached hydrogens (tertiary/aromatic N) is 1. The number of amides is 2. The second-order valence-electron chi connectivity index (χ2n) is 5.20. The van der Waals surface area contributed by atoms with Gasteiger partial charge in [0.25, 0.3) is 0 Å². The van der Waals surface area contributed by atoms with Crippen LogP contribution < -0.4 is 11.1 Å². The van der Waals surface area contributed by atoms with Crippen molar-refractivity contribution in [2.24, 2.45) is 11.1 Å². The lowest BCUT2D eigenvalue weighted by atomic mass is 9.85. The predicted octanol–water partition coefficient (Wildman–Crippen LogP) is 0.816. The van der Waals surface area contributed by atoms with E-state index in [0.717, 1.165) is 12.8 Å². The van der Waals surface area contributed by atoms with Crippen molar-refractivity contribution in [3.63, 3.8) is 0 Å². The summed E-state index contributed by atoms with van der Waals surface area (Å²) in [5, 5.41) is 2.76. The Bertz CT molecular complexity index is 378. The predicted molar refractivity (Wildman–Crippen MR) is 78.6 cm³/mol. The fraction of sp³-hybridized carbons (Fsp3) is 0.769. The van der Waals surface area contributed by atoms with Gasteiger partial charge in [0, 0.05) is 13.6 Å². The Balaban J connectivity index is 2.73. The summed E-state index contributed by atoms with van der Waals surface area (Å²) in [4.78, 5) is 26.1. The average Bonchev–Trinajstić information content (AvgIpc) is 2.87. The molecule has 1 saturated carbocycles. The molecule has 108 valence electrons. The number of thiocarbonyl (C=S) groups is 1. The first-order chi connectivity index (χ1) is 8.85. The highest BCUT2D eigenvalue weighted by Gasteiger charge is 2.44. The van der Waals surface area contributed by atoms with E-state index in [1.54, 1.807) is 18.9 Å². The Hall–Kier alpha value is -1.17. The van der Waals surface area contributed by atoms with Crippen molar-refractivity contribution >= 4 is 29.0 Å². The van der Waals surface area contributed by atoms with E-state index in [9.17, 15) is 9.59 Å². The van der Waals surface area contributed by atoms with Gasteiger partial charge in [0.05, 0.1) is 10.4 Å². The van der Waals surface area contributed by atoms with Gasteiger partial charge in [0.1, 0.15) is 6.04 Å². The quantitative estimate of drug-likeness (QED) is 0.733. The van der Waals surface area contributed by atoms with Crippen LogP contribution in [0.15, 0.2) is 0 Å². The van der Waals surface area contributed by atoms with Gasteiger partial charge in [0.2, 0.25) is 11.8 Å². The number of nitrogens with one attached hydrogen (secondary N) is 1. The van der Waals surface area contributed by atoms with E-state index >= 15 is 0 Å². The fourth-order valence-electron chi connectivity index (χ4n) is 2.45. The van der Waals surface area contributed by atoms with E-state index in [0.29, 0.717) is 19.4 Å². The van der Waals surface area contributed by atoms with Crippen LogP contribution in [0.1, 0.15) is 39.5 Å². The number of carbonyl (C=O) groups excluding carboxylic acids is 2. The van der Waals surface area contributed by atoms with E-state index in [2.05, 4.69) is 5.32 Å². The van der Waals surface area contributed by atoms with Gasteiger partial charge in [-0.25, -0.2) is 0 Å². The highest BCUT2D eigenvalue weighted by molar-refractivity contribution is 7.80. The average molecular weight is 285 g/mol. The number of hydrogen-bond acceptors (Lipinski definition) is 3. The number of rotatable bonds is 5. The third-order valence-electron chi connectivity index (χ3n) is 3.93. The summed E-state index contributed by atoms with van der Waals surface area (Å²) < 4.78 is 0. The van der Waals surface area contributed by atoms with Crippen LogP contribution in [0.5, 0.6) is 0 Å². The molecule has 1 rings (SSSR count). The van der Waals surface area contributed by atoms with E-state index in [1.165, 1.54) is 0 Å². The van der Waals surface area contributed by atoms with Crippen molar-refractivity contribution in [1.29, 1.82) is 0 Å². The summed E-state index contributed by atoms with van der Waals surface area (Å²) >= 11 is 5.06. The van der Waals surface area contributed by atoms with Crippen LogP contribution in [0.4, 0.5) is 0 Å². The molecule has 2 amide bonds. The van der Waals surface area contributed by atoms with E-state index in [4.69, 9.17) is 18.0 Å². The molecule has 1 fully saturated rings. The van der Waals surface area contributed by atoms with Crippen LogP contribution >= 0.6 is 12.2 Å². The van der Waals surface area contributed by atoms with Crippen molar-refractivity contribution in [1.82, 2.24) is 10.2 Å². The lowest BCUT2D eigenvalue weighted by Crippen LogP contribution is -2.53. The maximum absolute atomic E-state index is 12.4. The third kappa shape index (κ3) is 3.23. The second kappa shape index (κ2) is 6.32. The largest absolute Gasteiger partial charge is 0.392 e. The van der Waals surface area contributed by atoms with Gasteiger partial charge in [-0.05, 0) is 26.7 Å². The summed E-state index contributed by atoms with van der Waals surface area (Å²) in [7, 11) is 1.71. The molecule has 0 spiro atoms. The van der Waals surface area contributed by atoms with Crippen LogP contribution in [0.2, 0.25) is 0 Å².